The summed E-state index contributed by atoms with van der Waals surface area (Å²) in [4.78, 5) is 39.2. The molecule has 32 heavy (non-hydrogen) atoms. The van der Waals surface area contributed by atoms with E-state index in [1.54, 1.807) is 69.5 Å². The highest BCUT2D eigenvalue weighted by molar-refractivity contribution is 6.04. The Morgan fingerprint density at radius 3 is 2.28 bits per heavy atom. The molecule has 8 nitrogen and oxygen atoms in total. The van der Waals surface area contributed by atoms with E-state index < -0.39 is 12.0 Å². The Hall–Kier alpha value is -3.81. The number of anilines is 1. The molecule has 0 aromatic heterocycles. The number of amides is 3. The molecule has 1 aliphatic rings. The van der Waals surface area contributed by atoms with Crippen molar-refractivity contribution in [1.82, 2.24) is 10.2 Å². The number of carbonyl (C=O) groups is 3. The second kappa shape index (κ2) is 10.00. The van der Waals surface area contributed by atoms with Gasteiger partial charge in [-0.25, -0.2) is 9.59 Å². The second-order valence-electron chi connectivity index (χ2n) is 7.15. The molecule has 1 aliphatic heterocycles. The molecule has 2 aromatic rings. The Morgan fingerprint density at radius 1 is 1.06 bits per heavy atom. The van der Waals surface area contributed by atoms with Gasteiger partial charge in [0.1, 0.15) is 5.75 Å². The summed E-state index contributed by atoms with van der Waals surface area (Å²) in [5.41, 5.74) is 2.75. The van der Waals surface area contributed by atoms with Crippen LogP contribution >= 0.6 is 0 Å². The SMILES string of the molecule is CCOC(=O)C1=C(C)N(CC)C(=O)NC1c1ccc(NC(=O)c2ccc(OC)cc2)cc1. The maximum atomic E-state index is 12.7. The van der Waals surface area contributed by atoms with E-state index in [2.05, 4.69) is 10.6 Å². The summed E-state index contributed by atoms with van der Waals surface area (Å²) < 4.78 is 10.3. The monoisotopic (exact) mass is 437 g/mol. The van der Waals surface area contributed by atoms with Crippen LogP contribution < -0.4 is 15.4 Å². The van der Waals surface area contributed by atoms with Gasteiger partial charge in [0.25, 0.3) is 5.91 Å². The summed E-state index contributed by atoms with van der Waals surface area (Å²) >= 11 is 0. The summed E-state index contributed by atoms with van der Waals surface area (Å²) in [6.45, 7) is 5.99. The van der Waals surface area contributed by atoms with Gasteiger partial charge in [0.2, 0.25) is 0 Å². The summed E-state index contributed by atoms with van der Waals surface area (Å²) in [7, 11) is 1.56. The fourth-order valence-corrected chi connectivity index (χ4v) is 3.59. The van der Waals surface area contributed by atoms with Crippen LogP contribution in [0.25, 0.3) is 0 Å². The van der Waals surface area contributed by atoms with Crippen LogP contribution in [0, 0.1) is 0 Å². The number of rotatable bonds is 7. The molecule has 0 radical (unpaired) electrons. The highest BCUT2D eigenvalue weighted by Crippen LogP contribution is 2.31. The second-order valence-corrected chi connectivity index (χ2v) is 7.15. The standard InChI is InChI=1S/C24H27N3O5/c1-5-27-15(3)20(23(29)32-6-2)21(26-24(27)30)16-7-11-18(12-8-16)25-22(28)17-9-13-19(31-4)14-10-17/h7-14,21H,5-6H2,1-4H3,(H,25,28)(H,26,30). The zero-order valence-electron chi connectivity index (χ0n) is 18.6. The minimum absolute atomic E-state index is 0.235. The molecule has 8 heteroatoms. The zero-order chi connectivity index (χ0) is 23.3. The highest BCUT2D eigenvalue weighted by Gasteiger charge is 2.35. The molecule has 0 saturated carbocycles. The Morgan fingerprint density at radius 2 is 1.72 bits per heavy atom. The first kappa shape index (κ1) is 22.9. The van der Waals surface area contributed by atoms with Gasteiger partial charge in [-0.05, 0) is 62.7 Å². The van der Waals surface area contributed by atoms with Crippen molar-refractivity contribution >= 4 is 23.6 Å². The maximum Gasteiger partial charge on any atom is 0.338 e. The van der Waals surface area contributed by atoms with Crippen LogP contribution in [0.15, 0.2) is 59.8 Å². The van der Waals surface area contributed by atoms with Crippen LogP contribution in [-0.4, -0.2) is 43.1 Å². The first-order valence-corrected chi connectivity index (χ1v) is 10.4. The van der Waals surface area contributed by atoms with Gasteiger partial charge in [-0.2, -0.15) is 0 Å². The Balaban J connectivity index is 1.82. The molecule has 2 aromatic carbocycles. The lowest BCUT2D eigenvalue weighted by atomic mass is 9.94. The van der Waals surface area contributed by atoms with Crippen LogP contribution in [0.1, 0.15) is 42.7 Å². The van der Waals surface area contributed by atoms with E-state index >= 15 is 0 Å². The molecule has 0 spiro atoms. The minimum Gasteiger partial charge on any atom is -0.497 e. The van der Waals surface area contributed by atoms with Crippen molar-refractivity contribution < 1.29 is 23.9 Å². The van der Waals surface area contributed by atoms with Gasteiger partial charge in [-0.3, -0.25) is 9.69 Å². The number of carbonyl (C=O) groups excluding carboxylic acids is 3. The van der Waals surface area contributed by atoms with Crippen molar-refractivity contribution in [3.8, 4) is 5.75 Å². The lowest BCUT2D eigenvalue weighted by Crippen LogP contribution is -2.47. The number of hydrogen-bond donors (Lipinski definition) is 2. The average Bonchev–Trinajstić information content (AvgIpc) is 2.79. The summed E-state index contributed by atoms with van der Waals surface area (Å²) in [6.07, 6.45) is 0. The molecular weight excluding hydrogens is 410 g/mol. The molecule has 0 bridgehead atoms. The van der Waals surface area contributed by atoms with Crippen molar-refractivity contribution in [1.29, 1.82) is 0 Å². The normalized spacial score (nSPS) is 15.8. The third kappa shape index (κ3) is 4.74. The molecule has 0 saturated heterocycles. The fraction of sp³-hybridized carbons (Fsp3) is 0.292. The quantitative estimate of drug-likeness (QED) is 0.641. The molecular formula is C24H27N3O5. The number of methoxy groups -OCH3 is 1. The largest absolute Gasteiger partial charge is 0.497 e. The number of nitrogens with one attached hydrogen (secondary N) is 2. The Labute approximate surface area is 187 Å². The number of nitrogens with zero attached hydrogens (tertiary/aromatic N) is 1. The fourth-order valence-electron chi connectivity index (χ4n) is 3.59. The van der Waals surface area contributed by atoms with Crippen LogP contribution in [-0.2, 0) is 9.53 Å². The lowest BCUT2D eigenvalue weighted by Gasteiger charge is -2.34. The summed E-state index contributed by atoms with van der Waals surface area (Å²) in [6, 6.07) is 12.9. The predicted molar refractivity (Wildman–Crippen MR) is 120 cm³/mol. The predicted octanol–water partition coefficient (Wildman–Crippen LogP) is 3.87. The molecule has 1 heterocycles. The third-order valence-electron chi connectivity index (χ3n) is 5.26. The van der Waals surface area contributed by atoms with Gasteiger partial charge in [0.05, 0.1) is 25.3 Å². The van der Waals surface area contributed by atoms with Gasteiger partial charge >= 0.3 is 12.0 Å². The van der Waals surface area contributed by atoms with Crippen molar-refractivity contribution in [3.63, 3.8) is 0 Å². The number of esters is 1. The summed E-state index contributed by atoms with van der Waals surface area (Å²) in [5.74, 6) is -0.0546. The molecule has 3 amide bonds. The van der Waals surface area contributed by atoms with Crippen LogP contribution in [0.3, 0.4) is 0 Å². The van der Waals surface area contributed by atoms with E-state index in [1.165, 1.54) is 4.90 Å². The zero-order valence-corrected chi connectivity index (χ0v) is 18.6. The number of benzene rings is 2. The van der Waals surface area contributed by atoms with Crippen molar-refractivity contribution in [3.05, 3.63) is 70.9 Å². The third-order valence-corrected chi connectivity index (χ3v) is 5.26. The summed E-state index contributed by atoms with van der Waals surface area (Å²) in [5, 5.41) is 5.71. The van der Waals surface area contributed by atoms with Crippen LogP contribution in [0.2, 0.25) is 0 Å². The number of allylic oxidation sites excluding steroid dienone is 1. The van der Waals surface area contributed by atoms with Crippen molar-refractivity contribution in [2.45, 2.75) is 26.8 Å². The first-order chi connectivity index (χ1) is 15.4. The topological polar surface area (TPSA) is 97.0 Å². The van der Waals surface area contributed by atoms with E-state index in [-0.39, 0.29) is 18.5 Å². The van der Waals surface area contributed by atoms with E-state index in [9.17, 15) is 14.4 Å². The molecule has 0 aliphatic carbocycles. The number of hydrogen-bond acceptors (Lipinski definition) is 5. The average molecular weight is 437 g/mol. The molecule has 2 N–H and O–H groups in total. The van der Waals surface area contributed by atoms with Gasteiger partial charge in [0, 0.05) is 23.5 Å². The highest BCUT2D eigenvalue weighted by atomic mass is 16.5. The Bertz CT molecular complexity index is 1030. The van der Waals surface area contributed by atoms with E-state index in [1.807, 2.05) is 6.92 Å². The van der Waals surface area contributed by atoms with Gasteiger partial charge in [0.15, 0.2) is 0 Å². The van der Waals surface area contributed by atoms with E-state index in [4.69, 9.17) is 9.47 Å². The molecule has 1 atom stereocenters. The maximum absolute atomic E-state index is 12.7. The number of urea groups is 1. The molecule has 3 rings (SSSR count). The van der Waals surface area contributed by atoms with Crippen LogP contribution in [0.5, 0.6) is 5.75 Å². The van der Waals surface area contributed by atoms with Crippen molar-refractivity contribution in [2.24, 2.45) is 0 Å². The minimum atomic E-state index is -0.643. The lowest BCUT2D eigenvalue weighted by molar-refractivity contribution is -0.139. The van der Waals surface area contributed by atoms with Crippen molar-refractivity contribution in [2.75, 3.05) is 25.6 Å². The van der Waals surface area contributed by atoms with Gasteiger partial charge < -0.3 is 20.1 Å². The Kier molecular flexibility index (Phi) is 7.14. The van der Waals surface area contributed by atoms with Gasteiger partial charge in [-0.1, -0.05) is 12.1 Å². The number of ether oxygens (including phenoxy) is 2. The molecule has 0 fully saturated rings. The molecule has 168 valence electrons. The van der Waals surface area contributed by atoms with E-state index in [0.717, 1.165) is 0 Å². The molecule has 1 unspecified atom stereocenters. The van der Waals surface area contributed by atoms with Crippen LogP contribution in [0.4, 0.5) is 10.5 Å². The van der Waals surface area contributed by atoms with E-state index in [0.29, 0.717) is 40.4 Å². The first-order valence-electron chi connectivity index (χ1n) is 10.4. The van der Waals surface area contributed by atoms with Gasteiger partial charge in [-0.15, -0.1) is 0 Å². The smallest absolute Gasteiger partial charge is 0.338 e.